The van der Waals surface area contributed by atoms with Crippen LogP contribution in [-0.2, 0) is 11.3 Å². The van der Waals surface area contributed by atoms with Crippen molar-refractivity contribution >= 4 is 38.6 Å². The van der Waals surface area contributed by atoms with Crippen molar-refractivity contribution < 1.29 is 9.53 Å². The number of imidazole rings is 1. The average Bonchev–Trinajstić information content (AvgIpc) is 3.38. The first-order valence-electron chi connectivity index (χ1n) is 11.7. The molecule has 3 aromatic carbocycles. The molecule has 1 fully saturated rings. The molecule has 34 heavy (non-hydrogen) atoms. The SMILES string of the molecule is Cc1ccc(OCCCn2c(C3CC(=O)N(c4cccc(Br)c4)C3)nc3ccccc32)c(C)c1. The Morgan fingerprint density at radius 2 is 1.91 bits per heavy atom. The summed E-state index contributed by atoms with van der Waals surface area (Å²) in [6.07, 6.45) is 1.32. The number of para-hydroxylation sites is 2. The number of amides is 1. The summed E-state index contributed by atoms with van der Waals surface area (Å²) in [6.45, 7) is 6.23. The number of hydrogen-bond donors (Lipinski definition) is 0. The maximum absolute atomic E-state index is 12.9. The minimum atomic E-state index is 0.0548. The summed E-state index contributed by atoms with van der Waals surface area (Å²) in [6, 6.07) is 22.4. The Kier molecular flexibility index (Phi) is 6.42. The Balaban J connectivity index is 1.34. The molecule has 1 aromatic heterocycles. The first-order valence-corrected chi connectivity index (χ1v) is 12.5. The van der Waals surface area contributed by atoms with E-state index in [0.717, 1.165) is 51.3 Å². The van der Waals surface area contributed by atoms with Gasteiger partial charge in [0.2, 0.25) is 5.91 Å². The highest BCUT2D eigenvalue weighted by Crippen LogP contribution is 2.34. The van der Waals surface area contributed by atoms with Crippen molar-refractivity contribution in [1.82, 2.24) is 9.55 Å². The summed E-state index contributed by atoms with van der Waals surface area (Å²) >= 11 is 3.52. The van der Waals surface area contributed by atoms with Gasteiger partial charge in [-0.1, -0.05) is 51.8 Å². The average molecular weight is 518 g/mol. The predicted molar refractivity (Wildman–Crippen MR) is 140 cm³/mol. The third-order valence-electron chi connectivity index (χ3n) is 6.41. The molecular weight excluding hydrogens is 490 g/mol. The fourth-order valence-corrected chi connectivity index (χ4v) is 5.17. The van der Waals surface area contributed by atoms with Crippen molar-refractivity contribution in [3.05, 3.63) is 88.2 Å². The molecule has 0 aliphatic carbocycles. The summed E-state index contributed by atoms with van der Waals surface area (Å²) in [5.41, 5.74) is 5.40. The number of aryl methyl sites for hydroxylation is 3. The molecule has 2 heterocycles. The monoisotopic (exact) mass is 517 g/mol. The lowest BCUT2D eigenvalue weighted by Gasteiger charge is -2.18. The number of fused-ring (bicyclic) bond motifs is 1. The molecule has 1 aliphatic rings. The van der Waals surface area contributed by atoms with Gasteiger partial charge in [-0.15, -0.1) is 0 Å². The fourth-order valence-electron chi connectivity index (χ4n) is 4.78. The lowest BCUT2D eigenvalue weighted by molar-refractivity contribution is -0.117. The van der Waals surface area contributed by atoms with Crippen molar-refractivity contribution in [2.75, 3.05) is 18.1 Å². The first-order chi connectivity index (χ1) is 16.5. The van der Waals surface area contributed by atoms with E-state index in [4.69, 9.17) is 9.72 Å². The van der Waals surface area contributed by atoms with E-state index >= 15 is 0 Å². The molecule has 174 valence electrons. The van der Waals surface area contributed by atoms with E-state index in [-0.39, 0.29) is 11.8 Å². The van der Waals surface area contributed by atoms with Crippen molar-refractivity contribution in [2.24, 2.45) is 0 Å². The van der Waals surface area contributed by atoms with E-state index in [1.54, 1.807) is 0 Å². The van der Waals surface area contributed by atoms with Crippen LogP contribution in [0.25, 0.3) is 11.0 Å². The molecule has 0 N–H and O–H groups in total. The molecule has 6 heteroatoms. The Hall–Kier alpha value is -3.12. The molecule has 1 unspecified atom stereocenters. The second-order valence-corrected chi connectivity index (χ2v) is 9.88. The molecular formula is C28H28BrN3O2. The molecule has 0 saturated carbocycles. The highest BCUT2D eigenvalue weighted by atomic mass is 79.9. The predicted octanol–water partition coefficient (Wildman–Crippen LogP) is 6.41. The highest BCUT2D eigenvalue weighted by molar-refractivity contribution is 9.10. The number of anilines is 1. The van der Waals surface area contributed by atoms with E-state index in [9.17, 15) is 4.79 Å². The number of aromatic nitrogens is 2. The molecule has 5 nitrogen and oxygen atoms in total. The first kappa shape index (κ1) is 22.7. The molecule has 0 spiro atoms. The van der Waals surface area contributed by atoms with Gasteiger partial charge >= 0.3 is 0 Å². The Bertz CT molecular complexity index is 1350. The number of ether oxygens (including phenoxy) is 1. The number of carbonyl (C=O) groups excluding carboxylic acids is 1. The number of carbonyl (C=O) groups is 1. The van der Waals surface area contributed by atoms with Gasteiger partial charge in [0.05, 0.1) is 17.6 Å². The zero-order chi connectivity index (χ0) is 23.7. The number of halogens is 1. The smallest absolute Gasteiger partial charge is 0.227 e. The van der Waals surface area contributed by atoms with E-state index in [0.29, 0.717) is 19.6 Å². The molecule has 5 rings (SSSR count). The van der Waals surface area contributed by atoms with Gasteiger partial charge in [0.15, 0.2) is 0 Å². The lowest BCUT2D eigenvalue weighted by atomic mass is 10.1. The van der Waals surface area contributed by atoms with Crippen molar-refractivity contribution in [2.45, 2.75) is 39.2 Å². The fraction of sp³-hybridized carbons (Fsp3) is 0.286. The third kappa shape index (κ3) is 4.60. The molecule has 4 aromatic rings. The number of nitrogens with zero attached hydrogens (tertiary/aromatic N) is 3. The Morgan fingerprint density at radius 1 is 1.06 bits per heavy atom. The second-order valence-electron chi connectivity index (χ2n) is 8.97. The van der Waals surface area contributed by atoms with E-state index < -0.39 is 0 Å². The molecule has 1 saturated heterocycles. The van der Waals surface area contributed by atoms with Crippen molar-refractivity contribution in [3.63, 3.8) is 0 Å². The zero-order valence-corrected chi connectivity index (χ0v) is 21.1. The molecule has 1 atom stereocenters. The molecule has 0 bridgehead atoms. The van der Waals surface area contributed by atoms with Crippen LogP contribution in [0.1, 0.15) is 35.7 Å². The van der Waals surface area contributed by atoms with E-state index in [2.05, 4.69) is 52.5 Å². The number of hydrogen-bond acceptors (Lipinski definition) is 3. The van der Waals surface area contributed by atoms with Crippen LogP contribution >= 0.6 is 15.9 Å². The van der Waals surface area contributed by atoms with Gasteiger partial charge in [-0.2, -0.15) is 0 Å². The molecule has 1 amide bonds. The standard InChI is InChI=1S/C28H28BrN3O2/c1-19-11-12-26(20(2)15-19)34-14-6-13-31-25-10-4-3-9-24(25)30-28(31)21-16-27(33)32(18-21)23-8-5-7-22(29)17-23/h3-5,7-12,15,17,21H,6,13-14,16,18H2,1-2H3. The Labute approximate surface area is 208 Å². The van der Waals surface area contributed by atoms with Crippen LogP contribution in [0, 0.1) is 13.8 Å². The normalized spacial score (nSPS) is 15.9. The van der Waals surface area contributed by atoms with Gasteiger partial charge in [-0.25, -0.2) is 4.98 Å². The van der Waals surface area contributed by atoms with Crippen LogP contribution in [-0.4, -0.2) is 28.6 Å². The van der Waals surface area contributed by atoms with Gasteiger partial charge in [0.1, 0.15) is 11.6 Å². The number of benzene rings is 3. The summed E-state index contributed by atoms with van der Waals surface area (Å²) in [5, 5.41) is 0. The van der Waals surface area contributed by atoms with Gasteiger partial charge in [0.25, 0.3) is 0 Å². The largest absolute Gasteiger partial charge is 0.493 e. The maximum Gasteiger partial charge on any atom is 0.227 e. The minimum Gasteiger partial charge on any atom is -0.493 e. The molecule has 1 aliphatic heterocycles. The Morgan fingerprint density at radius 3 is 2.74 bits per heavy atom. The topological polar surface area (TPSA) is 47.4 Å². The zero-order valence-electron chi connectivity index (χ0n) is 19.5. The van der Waals surface area contributed by atoms with Crippen LogP contribution < -0.4 is 9.64 Å². The third-order valence-corrected chi connectivity index (χ3v) is 6.90. The van der Waals surface area contributed by atoms with Crippen LogP contribution in [0.15, 0.2) is 71.2 Å². The highest BCUT2D eigenvalue weighted by Gasteiger charge is 2.34. The van der Waals surface area contributed by atoms with Gasteiger partial charge in [-0.3, -0.25) is 4.79 Å². The van der Waals surface area contributed by atoms with Crippen LogP contribution in [0.5, 0.6) is 5.75 Å². The van der Waals surface area contributed by atoms with E-state index in [1.807, 2.05) is 53.4 Å². The quantitative estimate of drug-likeness (QED) is 0.266. The van der Waals surface area contributed by atoms with Crippen molar-refractivity contribution in [1.29, 1.82) is 0 Å². The van der Waals surface area contributed by atoms with Gasteiger partial charge in [0, 0.05) is 35.6 Å². The van der Waals surface area contributed by atoms with Crippen molar-refractivity contribution in [3.8, 4) is 5.75 Å². The summed E-state index contributed by atoms with van der Waals surface area (Å²) in [4.78, 5) is 19.8. The second kappa shape index (κ2) is 9.63. The van der Waals surface area contributed by atoms with Gasteiger partial charge in [-0.05, 0) is 62.2 Å². The summed E-state index contributed by atoms with van der Waals surface area (Å²) in [5.74, 6) is 2.12. The molecule has 0 radical (unpaired) electrons. The van der Waals surface area contributed by atoms with Gasteiger partial charge < -0.3 is 14.2 Å². The minimum absolute atomic E-state index is 0.0548. The van der Waals surface area contributed by atoms with Crippen LogP contribution in [0.4, 0.5) is 5.69 Å². The summed E-state index contributed by atoms with van der Waals surface area (Å²) in [7, 11) is 0. The van der Waals surface area contributed by atoms with Crippen LogP contribution in [0.2, 0.25) is 0 Å². The number of rotatable bonds is 7. The van der Waals surface area contributed by atoms with E-state index in [1.165, 1.54) is 5.56 Å². The summed E-state index contributed by atoms with van der Waals surface area (Å²) < 4.78 is 9.32. The lowest BCUT2D eigenvalue weighted by Crippen LogP contribution is -2.24. The van der Waals surface area contributed by atoms with Crippen LogP contribution in [0.3, 0.4) is 0 Å². The maximum atomic E-state index is 12.9.